The van der Waals surface area contributed by atoms with E-state index in [0.717, 1.165) is 28.7 Å². The Morgan fingerprint density at radius 3 is 2.95 bits per heavy atom. The summed E-state index contributed by atoms with van der Waals surface area (Å²) in [6, 6.07) is 8.14. The average Bonchev–Trinajstić information content (AvgIpc) is 3.12. The summed E-state index contributed by atoms with van der Waals surface area (Å²) in [4.78, 5) is 15.6. The number of hydrogen-bond donors (Lipinski definition) is 2. The van der Waals surface area contributed by atoms with Crippen LogP contribution in [-0.2, 0) is 6.54 Å². The minimum atomic E-state index is -0.0844. The van der Waals surface area contributed by atoms with Gasteiger partial charge in [-0.2, -0.15) is 5.10 Å². The van der Waals surface area contributed by atoms with Crippen LogP contribution in [0.5, 0.6) is 0 Å². The molecule has 22 heavy (non-hydrogen) atoms. The number of nitrogens with zero attached hydrogens (tertiary/aromatic N) is 2. The quantitative estimate of drug-likeness (QED) is 0.776. The fraction of sp³-hybridized carbons (Fsp3) is 0.294. The van der Waals surface area contributed by atoms with Gasteiger partial charge in [0, 0.05) is 24.5 Å². The maximum Gasteiger partial charge on any atom is 0.255 e. The molecule has 114 valence electrons. The molecule has 0 radical (unpaired) electrons. The predicted octanol–water partition coefficient (Wildman–Crippen LogP) is 3.18. The Bertz CT molecular complexity index is 815. The fourth-order valence-electron chi connectivity index (χ4n) is 2.60. The smallest absolute Gasteiger partial charge is 0.255 e. The number of aromatic nitrogens is 3. The van der Waals surface area contributed by atoms with Crippen molar-refractivity contribution in [3.63, 3.8) is 0 Å². The number of rotatable bonds is 4. The second kappa shape index (κ2) is 5.67. The summed E-state index contributed by atoms with van der Waals surface area (Å²) in [7, 11) is 0. The van der Waals surface area contributed by atoms with Gasteiger partial charge in [-0.25, -0.2) is 0 Å². The third kappa shape index (κ3) is 2.62. The minimum Gasteiger partial charge on any atom is -0.361 e. The Morgan fingerprint density at radius 2 is 2.23 bits per heavy atom. The van der Waals surface area contributed by atoms with E-state index in [0.29, 0.717) is 5.56 Å². The Hall–Kier alpha value is -2.56. The third-order valence-electron chi connectivity index (χ3n) is 3.94. The third-order valence-corrected chi connectivity index (χ3v) is 3.94. The first kappa shape index (κ1) is 14.4. The van der Waals surface area contributed by atoms with Crippen molar-refractivity contribution in [3.05, 3.63) is 53.5 Å². The number of carbonyl (C=O) groups excluding carboxylic acids is 1. The van der Waals surface area contributed by atoms with Crippen molar-refractivity contribution in [1.82, 2.24) is 20.1 Å². The van der Waals surface area contributed by atoms with Crippen molar-refractivity contribution in [3.8, 4) is 0 Å². The number of aromatic amines is 1. The topological polar surface area (TPSA) is 62.7 Å². The Kier molecular flexibility index (Phi) is 3.71. The van der Waals surface area contributed by atoms with E-state index < -0.39 is 0 Å². The van der Waals surface area contributed by atoms with E-state index in [2.05, 4.69) is 21.5 Å². The van der Waals surface area contributed by atoms with Gasteiger partial charge in [-0.1, -0.05) is 6.07 Å². The molecule has 0 aliphatic rings. The van der Waals surface area contributed by atoms with Gasteiger partial charge < -0.3 is 10.3 Å². The van der Waals surface area contributed by atoms with Gasteiger partial charge in [0.05, 0.1) is 17.3 Å². The van der Waals surface area contributed by atoms with E-state index in [1.165, 1.54) is 0 Å². The minimum absolute atomic E-state index is 0.0591. The molecular formula is C17H20N4O. The maximum atomic E-state index is 12.4. The zero-order valence-electron chi connectivity index (χ0n) is 13.1. The summed E-state index contributed by atoms with van der Waals surface area (Å²) in [5.41, 5.74) is 3.58. The Balaban J connectivity index is 1.78. The van der Waals surface area contributed by atoms with Gasteiger partial charge in [0.15, 0.2) is 0 Å². The molecule has 0 bridgehead atoms. The summed E-state index contributed by atoms with van der Waals surface area (Å²) < 4.78 is 1.78. The van der Waals surface area contributed by atoms with Crippen molar-refractivity contribution in [2.75, 3.05) is 0 Å². The van der Waals surface area contributed by atoms with Gasteiger partial charge in [-0.15, -0.1) is 0 Å². The molecule has 1 atom stereocenters. The lowest BCUT2D eigenvalue weighted by molar-refractivity contribution is 0.0939. The zero-order chi connectivity index (χ0) is 15.7. The van der Waals surface area contributed by atoms with Gasteiger partial charge in [-0.3, -0.25) is 9.48 Å². The molecule has 0 aliphatic heterocycles. The number of hydrogen-bond acceptors (Lipinski definition) is 2. The first-order chi connectivity index (χ1) is 10.6. The van der Waals surface area contributed by atoms with Crippen molar-refractivity contribution in [2.45, 2.75) is 33.4 Å². The van der Waals surface area contributed by atoms with Gasteiger partial charge >= 0.3 is 0 Å². The molecule has 2 N–H and O–H groups in total. The summed E-state index contributed by atoms with van der Waals surface area (Å²) >= 11 is 0. The van der Waals surface area contributed by atoms with Gasteiger partial charge in [0.25, 0.3) is 5.91 Å². The lowest BCUT2D eigenvalue weighted by atomic mass is 10.1. The van der Waals surface area contributed by atoms with Crippen LogP contribution < -0.4 is 5.32 Å². The fourth-order valence-corrected chi connectivity index (χ4v) is 2.60. The molecule has 3 aromatic rings. The second-order valence-corrected chi connectivity index (χ2v) is 5.50. The molecule has 0 saturated carbocycles. The van der Waals surface area contributed by atoms with E-state index in [1.807, 2.05) is 45.2 Å². The van der Waals surface area contributed by atoms with E-state index in [9.17, 15) is 4.79 Å². The van der Waals surface area contributed by atoms with Crippen LogP contribution in [0.2, 0.25) is 0 Å². The lowest BCUT2D eigenvalue weighted by Crippen LogP contribution is -2.26. The average molecular weight is 296 g/mol. The molecule has 0 spiro atoms. The molecule has 0 saturated heterocycles. The SMILES string of the molecule is CCn1cc(C(=O)N[C@@H](C)c2ccc3[nH]ccc3c2)c(C)n1. The van der Waals surface area contributed by atoms with Crippen LogP contribution >= 0.6 is 0 Å². The van der Waals surface area contributed by atoms with Gasteiger partial charge in [0.1, 0.15) is 0 Å². The highest BCUT2D eigenvalue weighted by Gasteiger charge is 2.16. The normalized spacial score (nSPS) is 12.5. The largest absolute Gasteiger partial charge is 0.361 e. The maximum absolute atomic E-state index is 12.4. The van der Waals surface area contributed by atoms with Gasteiger partial charge in [-0.05, 0) is 49.9 Å². The number of H-pyrrole nitrogens is 1. The Morgan fingerprint density at radius 1 is 1.41 bits per heavy atom. The van der Waals surface area contributed by atoms with Gasteiger partial charge in [0.2, 0.25) is 0 Å². The second-order valence-electron chi connectivity index (χ2n) is 5.50. The first-order valence-corrected chi connectivity index (χ1v) is 7.50. The highest BCUT2D eigenvalue weighted by Crippen LogP contribution is 2.20. The first-order valence-electron chi connectivity index (χ1n) is 7.50. The number of nitrogens with one attached hydrogen (secondary N) is 2. The number of benzene rings is 1. The lowest BCUT2D eigenvalue weighted by Gasteiger charge is -2.14. The van der Waals surface area contributed by atoms with Crippen molar-refractivity contribution >= 4 is 16.8 Å². The molecule has 0 aliphatic carbocycles. The molecule has 0 unspecified atom stereocenters. The van der Waals surface area contributed by atoms with Crippen LogP contribution in [0.1, 0.15) is 41.5 Å². The molecule has 2 aromatic heterocycles. The molecular weight excluding hydrogens is 276 g/mol. The molecule has 1 amide bonds. The molecule has 0 fully saturated rings. The Labute approximate surface area is 129 Å². The molecule has 5 nitrogen and oxygen atoms in total. The van der Waals surface area contributed by atoms with E-state index in [4.69, 9.17) is 0 Å². The molecule has 2 heterocycles. The van der Waals surface area contributed by atoms with E-state index in [-0.39, 0.29) is 11.9 Å². The number of carbonyl (C=O) groups is 1. The predicted molar refractivity (Wildman–Crippen MR) is 86.8 cm³/mol. The van der Waals surface area contributed by atoms with Crippen molar-refractivity contribution in [2.24, 2.45) is 0 Å². The zero-order valence-corrected chi connectivity index (χ0v) is 13.1. The van der Waals surface area contributed by atoms with Crippen LogP contribution in [0, 0.1) is 6.92 Å². The summed E-state index contributed by atoms with van der Waals surface area (Å²) in [6.45, 7) is 6.61. The highest BCUT2D eigenvalue weighted by atomic mass is 16.1. The molecule has 3 rings (SSSR count). The molecule has 5 heteroatoms. The van der Waals surface area contributed by atoms with Crippen LogP contribution in [-0.4, -0.2) is 20.7 Å². The standard InChI is InChI=1S/C17H20N4O/c1-4-21-10-15(12(3)20-21)17(22)19-11(2)13-5-6-16-14(9-13)7-8-18-16/h5-11,18H,4H2,1-3H3,(H,19,22)/t11-/m0/s1. The highest BCUT2D eigenvalue weighted by molar-refractivity contribution is 5.95. The van der Waals surface area contributed by atoms with E-state index >= 15 is 0 Å². The number of amides is 1. The van der Waals surface area contributed by atoms with Crippen LogP contribution in [0.25, 0.3) is 10.9 Å². The van der Waals surface area contributed by atoms with Crippen LogP contribution in [0.4, 0.5) is 0 Å². The number of aryl methyl sites for hydroxylation is 2. The summed E-state index contributed by atoms with van der Waals surface area (Å²) in [5, 5.41) is 8.51. The van der Waals surface area contributed by atoms with E-state index in [1.54, 1.807) is 10.9 Å². The summed E-state index contributed by atoms with van der Waals surface area (Å²) in [6.07, 6.45) is 3.72. The monoisotopic (exact) mass is 296 g/mol. The summed E-state index contributed by atoms with van der Waals surface area (Å²) in [5.74, 6) is -0.0844. The van der Waals surface area contributed by atoms with Crippen LogP contribution in [0.15, 0.2) is 36.7 Å². The number of fused-ring (bicyclic) bond motifs is 1. The molecule has 1 aromatic carbocycles. The van der Waals surface area contributed by atoms with Crippen molar-refractivity contribution < 1.29 is 4.79 Å². The van der Waals surface area contributed by atoms with Crippen LogP contribution in [0.3, 0.4) is 0 Å². The van der Waals surface area contributed by atoms with Crippen molar-refractivity contribution in [1.29, 1.82) is 0 Å².